The Morgan fingerprint density at radius 3 is 2.80 bits per heavy atom. The molecule has 0 bridgehead atoms. The maximum atomic E-state index is 4.81. The topological polar surface area (TPSA) is 24.9 Å². The van der Waals surface area contributed by atoms with Gasteiger partial charge in [0.2, 0.25) is 0 Å². The molecular formula is C17H22N2S. The summed E-state index contributed by atoms with van der Waals surface area (Å²) in [5.41, 5.74) is 1.16. The molecule has 1 N–H and O–H groups in total. The van der Waals surface area contributed by atoms with Gasteiger partial charge in [-0.25, -0.2) is 4.98 Å². The van der Waals surface area contributed by atoms with Gasteiger partial charge in [0.05, 0.1) is 15.2 Å². The molecule has 0 aliphatic heterocycles. The molecule has 1 aromatic heterocycles. The number of para-hydroxylation sites is 1. The van der Waals surface area contributed by atoms with Crippen LogP contribution >= 0.6 is 11.3 Å². The van der Waals surface area contributed by atoms with Crippen molar-refractivity contribution in [2.75, 3.05) is 6.54 Å². The molecule has 2 aromatic rings. The van der Waals surface area contributed by atoms with Crippen LogP contribution in [0.15, 0.2) is 24.3 Å². The summed E-state index contributed by atoms with van der Waals surface area (Å²) in [6.07, 6.45) is 5.52. The van der Waals surface area contributed by atoms with Gasteiger partial charge < -0.3 is 5.32 Å². The minimum atomic E-state index is 0.633. The molecule has 3 heteroatoms. The van der Waals surface area contributed by atoms with Gasteiger partial charge in [-0.3, -0.25) is 0 Å². The fourth-order valence-electron chi connectivity index (χ4n) is 3.95. The van der Waals surface area contributed by atoms with Gasteiger partial charge in [-0.2, -0.15) is 0 Å². The molecule has 0 radical (unpaired) electrons. The van der Waals surface area contributed by atoms with Crippen molar-refractivity contribution >= 4 is 21.6 Å². The molecule has 2 aliphatic carbocycles. The highest BCUT2D eigenvalue weighted by molar-refractivity contribution is 7.18. The number of hydrogen-bond donors (Lipinski definition) is 1. The number of fused-ring (bicyclic) bond motifs is 2. The van der Waals surface area contributed by atoms with Gasteiger partial charge in [0, 0.05) is 12.5 Å². The first-order valence-electron chi connectivity index (χ1n) is 7.91. The molecule has 20 heavy (non-hydrogen) atoms. The molecule has 2 nitrogen and oxygen atoms in total. The van der Waals surface area contributed by atoms with Crippen LogP contribution in [0.3, 0.4) is 0 Å². The summed E-state index contributed by atoms with van der Waals surface area (Å²) < 4.78 is 1.33. The Morgan fingerprint density at radius 1 is 1.25 bits per heavy atom. The standard InChI is InChI=1S/C17H22N2S/c1-2-18-15(13-8-11-7-12(11)9-13)10-17-19-14-5-3-4-6-16(14)20-17/h3-6,11-13,15,18H,2,7-10H2,1H3. The van der Waals surface area contributed by atoms with Crippen LogP contribution in [0.5, 0.6) is 0 Å². The van der Waals surface area contributed by atoms with E-state index in [1.165, 1.54) is 29.0 Å². The van der Waals surface area contributed by atoms with Crippen LogP contribution in [0.1, 0.15) is 31.2 Å². The summed E-state index contributed by atoms with van der Waals surface area (Å²) in [6.45, 7) is 3.29. The van der Waals surface area contributed by atoms with E-state index in [2.05, 4.69) is 36.5 Å². The fourth-order valence-corrected chi connectivity index (χ4v) is 4.98. The molecule has 4 rings (SSSR count). The Labute approximate surface area is 124 Å². The summed E-state index contributed by atoms with van der Waals surface area (Å²) in [5.74, 6) is 3.01. The van der Waals surface area contributed by atoms with E-state index in [-0.39, 0.29) is 0 Å². The van der Waals surface area contributed by atoms with Gasteiger partial charge >= 0.3 is 0 Å². The molecule has 3 unspecified atom stereocenters. The second-order valence-electron chi connectivity index (χ2n) is 6.43. The normalized spacial score (nSPS) is 29.6. The number of benzene rings is 1. The Hall–Kier alpha value is -0.930. The van der Waals surface area contributed by atoms with Gasteiger partial charge in [0.25, 0.3) is 0 Å². The van der Waals surface area contributed by atoms with Crippen LogP contribution in [0.25, 0.3) is 10.2 Å². The van der Waals surface area contributed by atoms with Crippen molar-refractivity contribution in [2.24, 2.45) is 17.8 Å². The molecule has 1 heterocycles. The van der Waals surface area contributed by atoms with Crippen LogP contribution in [0, 0.1) is 17.8 Å². The summed E-state index contributed by atoms with van der Waals surface area (Å²) in [4.78, 5) is 4.81. The summed E-state index contributed by atoms with van der Waals surface area (Å²) in [7, 11) is 0. The third-order valence-electron chi connectivity index (χ3n) is 5.05. The van der Waals surface area contributed by atoms with E-state index in [1.54, 1.807) is 0 Å². The second-order valence-corrected chi connectivity index (χ2v) is 7.55. The molecule has 0 spiro atoms. The Balaban J connectivity index is 1.51. The van der Waals surface area contributed by atoms with Crippen molar-refractivity contribution in [3.63, 3.8) is 0 Å². The lowest BCUT2D eigenvalue weighted by Gasteiger charge is -2.24. The van der Waals surface area contributed by atoms with Gasteiger partial charge in [-0.05, 0) is 55.7 Å². The van der Waals surface area contributed by atoms with Crippen molar-refractivity contribution < 1.29 is 0 Å². The first kappa shape index (κ1) is 12.8. The highest BCUT2D eigenvalue weighted by Crippen LogP contribution is 2.55. The lowest BCUT2D eigenvalue weighted by Crippen LogP contribution is -2.37. The monoisotopic (exact) mass is 286 g/mol. The summed E-state index contributed by atoms with van der Waals surface area (Å²) in [6, 6.07) is 9.13. The third-order valence-corrected chi connectivity index (χ3v) is 6.11. The number of likely N-dealkylation sites (N-methyl/N-ethyl adjacent to an activating group) is 1. The average Bonchev–Trinajstić information content (AvgIpc) is 2.89. The SMILES string of the molecule is CCNC(Cc1nc2ccccc2s1)C1CC2CC2C1. The Bertz CT molecular complexity index is 563. The largest absolute Gasteiger partial charge is 0.314 e. The number of nitrogens with zero attached hydrogens (tertiary/aromatic N) is 1. The van der Waals surface area contributed by atoms with Crippen LogP contribution in [0.4, 0.5) is 0 Å². The maximum Gasteiger partial charge on any atom is 0.0954 e. The highest BCUT2D eigenvalue weighted by atomic mass is 32.1. The maximum absolute atomic E-state index is 4.81. The zero-order valence-electron chi connectivity index (χ0n) is 12.0. The third kappa shape index (κ3) is 2.38. The molecule has 3 atom stereocenters. The average molecular weight is 286 g/mol. The van der Waals surface area contributed by atoms with Gasteiger partial charge in [-0.15, -0.1) is 11.3 Å². The lowest BCUT2D eigenvalue weighted by atomic mass is 9.92. The van der Waals surface area contributed by atoms with Crippen molar-refractivity contribution in [1.82, 2.24) is 10.3 Å². The summed E-state index contributed by atoms with van der Waals surface area (Å²) in [5, 5.41) is 5.03. The van der Waals surface area contributed by atoms with Gasteiger partial charge in [0.15, 0.2) is 0 Å². The van der Waals surface area contributed by atoms with E-state index in [0.717, 1.165) is 36.2 Å². The van der Waals surface area contributed by atoms with E-state index in [4.69, 9.17) is 4.98 Å². The quantitative estimate of drug-likeness (QED) is 0.902. The predicted octanol–water partition coefficient (Wildman–Crippen LogP) is 3.86. The van der Waals surface area contributed by atoms with E-state index < -0.39 is 0 Å². The van der Waals surface area contributed by atoms with Crippen molar-refractivity contribution in [2.45, 2.75) is 38.6 Å². The van der Waals surface area contributed by atoms with Crippen molar-refractivity contribution in [1.29, 1.82) is 0 Å². The lowest BCUT2D eigenvalue weighted by molar-refractivity contribution is 0.337. The molecule has 2 fully saturated rings. The number of hydrogen-bond acceptors (Lipinski definition) is 3. The zero-order valence-corrected chi connectivity index (χ0v) is 12.8. The fraction of sp³-hybridized carbons (Fsp3) is 0.588. The van der Waals surface area contributed by atoms with Gasteiger partial charge in [-0.1, -0.05) is 19.1 Å². The van der Waals surface area contributed by atoms with Crippen LogP contribution in [0.2, 0.25) is 0 Å². The molecule has 106 valence electrons. The van der Waals surface area contributed by atoms with E-state index in [9.17, 15) is 0 Å². The van der Waals surface area contributed by atoms with Crippen molar-refractivity contribution in [3.05, 3.63) is 29.3 Å². The van der Waals surface area contributed by atoms with E-state index in [1.807, 2.05) is 11.3 Å². The first-order chi connectivity index (χ1) is 9.83. The minimum absolute atomic E-state index is 0.633. The molecular weight excluding hydrogens is 264 g/mol. The molecule has 0 saturated heterocycles. The molecule has 2 aliphatic rings. The van der Waals surface area contributed by atoms with Gasteiger partial charge in [0.1, 0.15) is 0 Å². The Morgan fingerprint density at radius 2 is 2.05 bits per heavy atom. The first-order valence-corrected chi connectivity index (χ1v) is 8.73. The van der Waals surface area contributed by atoms with E-state index >= 15 is 0 Å². The number of aromatic nitrogens is 1. The summed E-state index contributed by atoms with van der Waals surface area (Å²) >= 11 is 1.87. The van der Waals surface area contributed by atoms with Crippen LogP contribution < -0.4 is 5.32 Å². The number of rotatable bonds is 5. The second kappa shape index (κ2) is 5.12. The van der Waals surface area contributed by atoms with Crippen molar-refractivity contribution in [3.8, 4) is 0 Å². The Kier molecular flexibility index (Phi) is 3.27. The van der Waals surface area contributed by atoms with Crippen LogP contribution in [-0.4, -0.2) is 17.6 Å². The van der Waals surface area contributed by atoms with E-state index in [0.29, 0.717) is 6.04 Å². The zero-order chi connectivity index (χ0) is 13.5. The molecule has 1 aromatic carbocycles. The smallest absolute Gasteiger partial charge is 0.0954 e. The predicted molar refractivity (Wildman–Crippen MR) is 85.1 cm³/mol. The highest BCUT2D eigenvalue weighted by Gasteiger charge is 2.47. The molecule has 0 amide bonds. The number of nitrogens with one attached hydrogen (secondary N) is 1. The molecule has 2 saturated carbocycles. The van der Waals surface area contributed by atoms with Crippen LogP contribution in [-0.2, 0) is 6.42 Å². The minimum Gasteiger partial charge on any atom is -0.314 e. The number of thiazole rings is 1.